The summed E-state index contributed by atoms with van der Waals surface area (Å²) in [4.78, 5) is 0. The number of benzene rings is 2. The lowest BCUT2D eigenvalue weighted by Gasteiger charge is -2.11. The van der Waals surface area contributed by atoms with Gasteiger partial charge in [0.1, 0.15) is 5.75 Å². The molecule has 0 atom stereocenters. The topological polar surface area (TPSA) is 9.23 Å². The fraction of sp³-hybridized carbons (Fsp3) is 0.143. The first-order chi connectivity index (χ1) is 8.52. The highest BCUT2D eigenvalue weighted by atomic mass is 19.4. The van der Waals surface area contributed by atoms with Crippen molar-refractivity contribution in [3.8, 4) is 16.9 Å². The average Bonchev–Trinajstić information content (AvgIpc) is 2.38. The first-order valence-corrected chi connectivity index (χ1v) is 5.24. The van der Waals surface area contributed by atoms with E-state index in [4.69, 9.17) is 4.74 Å². The van der Waals surface area contributed by atoms with Gasteiger partial charge in [-0.1, -0.05) is 24.3 Å². The highest BCUT2D eigenvalue weighted by Crippen LogP contribution is 2.34. The third-order valence-corrected chi connectivity index (χ3v) is 2.53. The Balaban J connectivity index is 2.51. The van der Waals surface area contributed by atoms with Gasteiger partial charge in [0.15, 0.2) is 0 Å². The Hall–Kier alpha value is -1.97. The van der Waals surface area contributed by atoms with E-state index in [9.17, 15) is 13.2 Å². The fourth-order valence-electron chi connectivity index (χ4n) is 1.67. The number of alkyl halides is 3. The Labute approximate surface area is 103 Å². The number of methoxy groups -OCH3 is 1. The zero-order valence-corrected chi connectivity index (χ0v) is 9.58. The predicted octanol–water partition coefficient (Wildman–Crippen LogP) is 4.18. The van der Waals surface area contributed by atoms with E-state index in [1.807, 2.05) is 0 Å². The summed E-state index contributed by atoms with van der Waals surface area (Å²) < 4.78 is 43.0. The molecule has 0 aliphatic rings. The number of halogens is 3. The minimum Gasteiger partial charge on any atom is -0.496 e. The molecule has 0 N–H and O–H groups in total. The lowest BCUT2D eigenvalue weighted by molar-refractivity contribution is -0.137. The number of hydrogen-bond acceptors (Lipinski definition) is 1. The van der Waals surface area contributed by atoms with Crippen LogP contribution in [0.4, 0.5) is 13.2 Å². The van der Waals surface area contributed by atoms with Gasteiger partial charge >= 0.3 is 6.18 Å². The van der Waals surface area contributed by atoms with Crippen molar-refractivity contribution in [1.29, 1.82) is 0 Å². The molecule has 93 valence electrons. The van der Waals surface area contributed by atoms with Crippen LogP contribution in [0.25, 0.3) is 11.1 Å². The zero-order valence-electron chi connectivity index (χ0n) is 9.58. The van der Waals surface area contributed by atoms with Crippen molar-refractivity contribution in [3.63, 3.8) is 0 Å². The Morgan fingerprint density at radius 3 is 2.50 bits per heavy atom. The molecular weight excluding hydrogens is 241 g/mol. The minimum atomic E-state index is -4.36. The summed E-state index contributed by atoms with van der Waals surface area (Å²) in [6.45, 7) is 0. The molecule has 0 saturated heterocycles. The molecule has 0 heterocycles. The molecule has 0 amide bonds. The van der Waals surface area contributed by atoms with Gasteiger partial charge in [-0.3, -0.25) is 0 Å². The number of hydrogen-bond donors (Lipinski definition) is 0. The third-order valence-electron chi connectivity index (χ3n) is 2.53. The first kappa shape index (κ1) is 12.5. The predicted molar refractivity (Wildman–Crippen MR) is 62.3 cm³/mol. The summed E-state index contributed by atoms with van der Waals surface area (Å²) in [5, 5.41) is 0. The fourth-order valence-corrected chi connectivity index (χ4v) is 1.67. The van der Waals surface area contributed by atoms with Crippen molar-refractivity contribution in [2.24, 2.45) is 0 Å². The number of ether oxygens (including phenoxy) is 1. The van der Waals surface area contributed by atoms with Crippen LogP contribution in [0.3, 0.4) is 0 Å². The highest BCUT2D eigenvalue weighted by molar-refractivity contribution is 5.70. The molecule has 4 heteroatoms. The van der Waals surface area contributed by atoms with E-state index in [-0.39, 0.29) is 0 Å². The Morgan fingerprint density at radius 1 is 1.11 bits per heavy atom. The molecule has 0 unspecified atom stereocenters. The molecule has 1 radical (unpaired) electrons. The van der Waals surface area contributed by atoms with Crippen LogP contribution in [0.15, 0.2) is 42.5 Å². The highest BCUT2D eigenvalue weighted by Gasteiger charge is 2.30. The average molecular weight is 251 g/mol. The first-order valence-electron chi connectivity index (χ1n) is 5.24. The Morgan fingerprint density at radius 2 is 1.83 bits per heavy atom. The summed E-state index contributed by atoms with van der Waals surface area (Å²) in [5.74, 6) is 0.521. The van der Waals surface area contributed by atoms with Crippen molar-refractivity contribution in [2.75, 3.05) is 7.11 Å². The molecule has 0 saturated carbocycles. The van der Waals surface area contributed by atoms with Gasteiger partial charge in [-0.2, -0.15) is 13.2 Å². The van der Waals surface area contributed by atoms with E-state index >= 15 is 0 Å². The van der Waals surface area contributed by atoms with E-state index in [1.54, 1.807) is 24.3 Å². The van der Waals surface area contributed by atoms with Gasteiger partial charge in [-0.05, 0) is 29.8 Å². The van der Waals surface area contributed by atoms with Gasteiger partial charge in [0, 0.05) is 5.56 Å². The molecule has 2 aromatic carbocycles. The van der Waals surface area contributed by atoms with Crippen molar-refractivity contribution in [2.45, 2.75) is 6.18 Å². The molecule has 0 aliphatic heterocycles. The molecule has 0 aliphatic carbocycles. The molecule has 18 heavy (non-hydrogen) atoms. The van der Waals surface area contributed by atoms with E-state index in [0.717, 1.165) is 12.1 Å². The third kappa shape index (κ3) is 2.47. The molecule has 0 aromatic heterocycles. The maximum Gasteiger partial charge on any atom is 0.416 e. The van der Waals surface area contributed by atoms with Crippen molar-refractivity contribution in [1.82, 2.24) is 0 Å². The van der Waals surface area contributed by atoms with Gasteiger partial charge in [-0.15, -0.1) is 0 Å². The minimum absolute atomic E-state index is 0.363. The second-order valence-corrected chi connectivity index (χ2v) is 3.69. The summed E-state index contributed by atoms with van der Waals surface area (Å²) in [7, 11) is 1.48. The van der Waals surface area contributed by atoms with Gasteiger partial charge in [0.2, 0.25) is 0 Å². The van der Waals surface area contributed by atoms with Gasteiger partial charge in [0.05, 0.1) is 12.7 Å². The van der Waals surface area contributed by atoms with Crippen LogP contribution in [0.1, 0.15) is 5.56 Å². The van der Waals surface area contributed by atoms with Crippen molar-refractivity contribution in [3.05, 3.63) is 54.1 Å². The monoisotopic (exact) mass is 251 g/mol. The quantitative estimate of drug-likeness (QED) is 0.778. The molecule has 0 fully saturated rings. The van der Waals surface area contributed by atoms with Crippen LogP contribution in [0, 0.1) is 6.07 Å². The number of para-hydroxylation sites is 1. The molecular formula is C14H10F3O. The second kappa shape index (κ2) is 4.72. The SMILES string of the molecule is COc1ccccc1-c1[c]ccc(C(F)(F)F)c1. The van der Waals surface area contributed by atoms with Gasteiger partial charge < -0.3 is 4.74 Å². The van der Waals surface area contributed by atoms with E-state index < -0.39 is 11.7 Å². The van der Waals surface area contributed by atoms with Crippen LogP contribution in [0.2, 0.25) is 0 Å². The lowest BCUT2D eigenvalue weighted by atomic mass is 10.0. The van der Waals surface area contributed by atoms with E-state index in [1.165, 1.54) is 13.2 Å². The second-order valence-electron chi connectivity index (χ2n) is 3.69. The lowest BCUT2D eigenvalue weighted by Crippen LogP contribution is -2.04. The maximum absolute atomic E-state index is 12.6. The standard InChI is InChI=1S/C14H10F3O/c1-18-13-8-3-2-7-12(13)10-5-4-6-11(9-10)14(15,16)17/h2-4,6-9H,1H3. The van der Waals surface area contributed by atoms with Crippen LogP contribution in [0.5, 0.6) is 5.75 Å². The van der Waals surface area contributed by atoms with Crippen LogP contribution in [-0.4, -0.2) is 7.11 Å². The molecule has 0 bridgehead atoms. The van der Waals surface area contributed by atoms with Crippen LogP contribution >= 0.6 is 0 Å². The zero-order chi connectivity index (χ0) is 13.2. The molecule has 2 rings (SSSR count). The summed E-state index contributed by atoms with van der Waals surface area (Å²) in [6.07, 6.45) is -4.36. The normalized spacial score (nSPS) is 11.3. The molecule has 1 nitrogen and oxygen atoms in total. The Kier molecular flexibility index (Phi) is 3.28. The van der Waals surface area contributed by atoms with Crippen LogP contribution in [-0.2, 0) is 6.18 Å². The molecule has 0 spiro atoms. The van der Waals surface area contributed by atoms with Gasteiger partial charge in [-0.25, -0.2) is 0 Å². The summed E-state index contributed by atoms with van der Waals surface area (Å²) >= 11 is 0. The van der Waals surface area contributed by atoms with E-state index in [2.05, 4.69) is 6.07 Å². The smallest absolute Gasteiger partial charge is 0.416 e. The van der Waals surface area contributed by atoms with Crippen molar-refractivity contribution < 1.29 is 17.9 Å². The molecule has 2 aromatic rings. The van der Waals surface area contributed by atoms with Gasteiger partial charge in [0.25, 0.3) is 0 Å². The maximum atomic E-state index is 12.6. The number of rotatable bonds is 2. The largest absolute Gasteiger partial charge is 0.496 e. The summed E-state index contributed by atoms with van der Waals surface area (Å²) in [6, 6.07) is 13.0. The van der Waals surface area contributed by atoms with Crippen LogP contribution < -0.4 is 4.74 Å². The summed E-state index contributed by atoms with van der Waals surface area (Å²) in [5.41, 5.74) is 0.260. The Bertz CT molecular complexity index is 547. The van der Waals surface area contributed by atoms with E-state index in [0.29, 0.717) is 16.9 Å². The van der Waals surface area contributed by atoms with Crippen molar-refractivity contribution >= 4 is 0 Å².